The second kappa shape index (κ2) is 9.22. The van der Waals surface area contributed by atoms with Gasteiger partial charge in [0, 0.05) is 50.7 Å². The van der Waals surface area contributed by atoms with Crippen molar-refractivity contribution in [2.24, 2.45) is 0 Å². The lowest BCUT2D eigenvalue weighted by Gasteiger charge is -2.05. The number of hydrogen-bond donors (Lipinski definition) is 1. The van der Waals surface area contributed by atoms with Crippen molar-refractivity contribution in [2.45, 2.75) is 0 Å². The van der Waals surface area contributed by atoms with Crippen LogP contribution in [0.4, 0.5) is 5.69 Å². The van der Waals surface area contributed by atoms with Gasteiger partial charge in [0.15, 0.2) is 0 Å². The number of carbonyl (C=O) groups excluding carboxylic acids is 1. The molecule has 4 aromatic rings. The van der Waals surface area contributed by atoms with Gasteiger partial charge in [-0.1, -0.05) is 41.4 Å². The summed E-state index contributed by atoms with van der Waals surface area (Å²) >= 11 is 13.6. The molecule has 2 aromatic heterocycles. The van der Waals surface area contributed by atoms with Crippen LogP contribution >= 0.6 is 34.5 Å². The largest absolute Gasteiger partial charge is 0.322 e. The molecule has 4 rings (SSSR count). The van der Waals surface area contributed by atoms with E-state index < -0.39 is 0 Å². The summed E-state index contributed by atoms with van der Waals surface area (Å²) in [6.07, 6.45) is 6.58. The van der Waals surface area contributed by atoms with E-state index in [2.05, 4.69) is 10.3 Å². The molecule has 0 aliphatic rings. The van der Waals surface area contributed by atoms with Gasteiger partial charge in [0.05, 0.1) is 5.69 Å². The number of rotatable bonds is 5. The first-order valence-electron chi connectivity index (χ1n) is 8.99. The Hall–Kier alpha value is -2.99. The van der Waals surface area contributed by atoms with Crippen LogP contribution in [-0.4, -0.2) is 15.9 Å². The fourth-order valence-corrected chi connectivity index (χ4v) is 4.08. The standard InChI is InChI=1S/C23H15Cl2N3OS/c24-18-6-4-15(20(25)13-18)5-7-22(29)27-19-3-1-2-17(12-19)21-14-30-23(28-21)16-8-10-26-11-9-16/h1-14H,(H,27,29)/b7-5+. The fourth-order valence-electron chi connectivity index (χ4n) is 2.78. The van der Waals surface area contributed by atoms with Gasteiger partial charge >= 0.3 is 0 Å². The van der Waals surface area contributed by atoms with Crippen LogP contribution in [0.15, 0.2) is 78.4 Å². The van der Waals surface area contributed by atoms with Crippen molar-refractivity contribution in [1.29, 1.82) is 0 Å². The Kier molecular flexibility index (Phi) is 6.23. The Morgan fingerprint density at radius 3 is 2.63 bits per heavy atom. The summed E-state index contributed by atoms with van der Waals surface area (Å²) in [6.45, 7) is 0. The van der Waals surface area contributed by atoms with Crippen molar-refractivity contribution in [3.05, 3.63) is 94.1 Å². The van der Waals surface area contributed by atoms with Crippen molar-refractivity contribution < 1.29 is 4.79 Å². The zero-order valence-electron chi connectivity index (χ0n) is 15.5. The Labute approximate surface area is 187 Å². The fraction of sp³-hybridized carbons (Fsp3) is 0. The molecular formula is C23H15Cl2N3OS. The summed E-state index contributed by atoms with van der Waals surface area (Å²) in [7, 11) is 0. The molecule has 0 bridgehead atoms. The summed E-state index contributed by atoms with van der Waals surface area (Å²) in [5.74, 6) is -0.256. The molecule has 0 fully saturated rings. The number of anilines is 1. The van der Waals surface area contributed by atoms with Crippen LogP contribution in [0, 0.1) is 0 Å². The van der Waals surface area contributed by atoms with Crippen LogP contribution < -0.4 is 5.32 Å². The van der Waals surface area contributed by atoms with Crippen molar-refractivity contribution >= 4 is 52.2 Å². The normalized spacial score (nSPS) is 11.0. The van der Waals surface area contributed by atoms with E-state index in [4.69, 9.17) is 28.2 Å². The molecule has 0 spiro atoms. The van der Waals surface area contributed by atoms with Gasteiger partial charge in [-0.3, -0.25) is 9.78 Å². The molecule has 0 atom stereocenters. The van der Waals surface area contributed by atoms with E-state index in [1.54, 1.807) is 48.0 Å². The maximum Gasteiger partial charge on any atom is 0.248 e. The van der Waals surface area contributed by atoms with E-state index in [0.29, 0.717) is 15.7 Å². The number of carbonyl (C=O) groups is 1. The minimum Gasteiger partial charge on any atom is -0.322 e. The van der Waals surface area contributed by atoms with E-state index in [9.17, 15) is 4.79 Å². The van der Waals surface area contributed by atoms with Crippen LogP contribution in [0.25, 0.3) is 27.9 Å². The molecule has 0 saturated carbocycles. The third kappa shape index (κ3) is 4.94. The first-order valence-corrected chi connectivity index (χ1v) is 10.6. The number of aromatic nitrogens is 2. The highest BCUT2D eigenvalue weighted by Crippen LogP contribution is 2.29. The highest BCUT2D eigenvalue weighted by atomic mass is 35.5. The molecule has 0 aliphatic heterocycles. The number of hydrogen-bond acceptors (Lipinski definition) is 4. The topological polar surface area (TPSA) is 54.9 Å². The number of pyridine rings is 1. The number of nitrogens with zero attached hydrogens (tertiary/aromatic N) is 2. The maximum atomic E-state index is 12.3. The van der Waals surface area contributed by atoms with Gasteiger partial charge < -0.3 is 5.32 Å². The average Bonchev–Trinajstić information content (AvgIpc) is 3.24. The van der Waals surface area contributed by atoms with E-state index >= 15 is 0 Å². The Morgan fingerprint density at radius 2 is 1.83 bits per heavy atom. The lowest BCUT2D eigenvalue weighted by atomic mass is 10.1. The molecule has 0 radical (unpaired) electrons. The number of amides is 1. The lowest BCUT2D eigenvalue weighted by Crippen LogP contribution is -2.07. The number of thiazole rings is 1. The van der Waals surface area contributed by atoms with Gasteiger partial charge in [0.25, 0.3) is 0 Å². The van der Waals surface area contributed by atoms with Crippen molar-refractivity contribution in [1.82, 2.24) is 9.97 Å². The molecule has 4 nitrogen and oxygen atoms in total. The third-order valence-electron chi connectivity index (χ3n) is 4.23. The quantitative estimate of drug-likeness (QED) is 0.338. The molecule has 148 valence electrons. The zero-order chi connectivity index (χ0) is 20.9. The SMILES string of the molecule is O=C(/C=C/c1ccc(Cl)cc1Cl)Nc1cccc(-c2csc(-c3ccncc3)n2)c1. The predicted octanol–water partition coefficient (Wildman–Crippen LogP) is 6.83. The maximum absolute atomic E-state index is 12.3. The highest BCUT2D eigenvalue weighted by molar-refractivity contribution is 7.13. The summed E-state index contributed by atoms with van der Waals surface area (Å²) in [4.78, 5) is 21.1. The van der Waals surface area contributed by atoms with E-state index in [1.807, 2.05) is 41.8 Å². The van der Waals surface area contributed by atoms with Crippen LogP contribution in [0.2, 0.25) is 10.0 Å². The minimum atomic E-state index is -0.256. The van der Waals surface area contributed by atoms with E-state index in [-0.39, 0.29) is 5.91 Å². The van der Waals surface area contributed by atoms with Crippen molar-refractivity contribution in [2.75, 3.05) is 5.32 Å². The minimum absolute atomic E-state index is 0.256. The van der Waals surface area contributed by atoms with Crippen LogP contribution in [0.3, 0.4) is 0 Å². The van der Waals surface area contributed by atoms with Crippen LogP contribution in [0.1, 0.15) is 5.56 Å². The van der Waals surface area contributed by atoms with Gasteiger partial charge in [-0.15, -0.1) is 11.3 Å². The number of halogens is 2. The Balaban J connectivity index is 1.48. The molecular weight excluding hydrogens is 437 g/mol. The molecule has 0 aliphatic carbocycles. The van der Waals surface area contributed by atoms with E-state index in [1.165, 1.54) is 6.08 Å². The average molecular weight is 452 g/mol. The second-order valence-electron chi connectivity index (χ2n) is 6.34. The molecule has 1 amide bonds. The van der Waals surface area contributed by atoms with Crippen LogP contribution in [0.5, 0.6) is 0 Å². The highest BCUT2D eigenvalue weighted by Gasteiger charge is 2.08. The number of nitrogens with one attached hydrogen (secondary N) is 1. The van der Waals surface area contributed by atoms with Gasteiger partial charge in [-0.2, -0.15) is 0 Å². The molecule has 2 aromatic carbocycles. The Bertz CT molecular complexity index is 1220. The first-order chi connectivity index (χ1) is 14.6. The monoisotopic (exact) mass is 451 g/mol. The van der Waals surface area contributed by atoms with Gasteiger partial charge in [0.2, 0.25) is 5.91 Å². The summed E-state index contributed by atoms with van der Waals surface area (Å²) in [6, 6.07) is 16.6. The molecule has 7 heteroatoms. The summed E-state index contributed by atoms with van der Waals surface area (Å²) in [5, 5.41) is 6.82. The summed E-state index contributed by atoms with van der Waals surface area (Å²) in [5.41, 5.74) is 4.20. The van der Waals surface area contributed by atoms with Gasteiger partial charge in [-0.25, -0.2) is 4.98 Å². The molecule has 0 unspecified atom stereocenters. The predicted molar refractivity (Wildman–Crippen MR) is 125 cm³/mol. The van der Waals surface area contributed by atoms with Crippen molar-refractivity contribution in [3.8, 4) is 21.8 Å². The summed E-state index contributed by atoms with van der Waals surface area (Å²) < 4.78 is 0. The van der Waals surface area contributed by atoms with Crippen LogP contribution in [-0.2, 0) is 4.79 Å². The molecule has 1 N–H and O–H groups in total. The molecule has 2 heterocycles. The first kappa shape index (κ1) is 20.3. The van der Waals surface area contributed by atoms with Gasteiger partial charge in [-0.05, 0) is 48.0 Å². The van der Waals surface area contributed by atoms with E-state index in [0.717, 1.165) is 27.4 Å². The smallest absolute Gasteiger partial charge is 0.248 e. The zero-order valence-corrected chi connectivity index (χ0v) is 17.9. The molecule has 30 heavy (non-hydrogen) atoms. The number of benzene rings is 2. The molecule has 0 saturated heterocycles. The third-order valence-corrected chi connectivity index (χ3v) is 5.69. The van der Waals surface area contributed by atoms with Gasteiger partial charge in [0.1, 0.15) is 5.01 Å². The van der Waals surface area contributed by atoms with Crippen molar-refractivity contribution in [3.63, 3.8) is 0 Å². The second-order valence-corrected chi connectivity index (χ2v) is 8.04. The lowest BCUT2D eigenvalue weighted by molar-refractivity contribution is -0.111. The Morgan fingerprint density at radius 1 is 1.00 bits per heavy atom.